The highest BCUT2D eigenvalue weighted by molar-refractivity contribution is 7.22. The molecule has 9 nitrogen and oxygen atoms in total. The number of thiazole rings is 1. The minimum atomic E-state index is -0.450. The zero-order valence-corrected chi connectivity index (χ0v) is 15.0. The number of benzene rings is 1. The van der Waals surface area contributed by atoms with Crippen LogP contribution in [0.1, 0.15) is 16.1 Å². The van der Waals surface area contributed by atoms with E-state index in [-0.39, 0.29) is 17.3 Å². The molecule has 0 fully saturated rings. The molecule has 136 valence electrons. The second-order valence-corrected chi connectivity index (χ2v) is 6.69. The molecule has 4 rings (SSSR count). The van der Waals surface area contributed by atoms with E-state index in [1.165, 1.54) is 23.9 Å². The van der Waals surface area contributed by atoms with Gasteiger partial charge in [-0.25, -0.2) is 15.0 Å². The normalized spacial score (nSPS) is 10.7. The summed E-state index contributed by atoms with van der Waals surface area (Å²) in [6.07, 6.45) is 2.74. The maximum atomic E-state index is 11.9. The zero-order chi connectivity index (χ0) is 18.8. The van der Waals surface area contributed by atoms with Crippen LogP contribution in [-0.2, 0) is 0 Å². The van der Waals surface area contributed by atoms with E-state index in [4.69, 9.17) is 10.2 Å². The van der Waals surface area contributed by atoms with Crippen molar-refractivity contribution in [1.29, 1.82) is 0 Å². The highest BCUT2D eigenvalue weighted by Crippen LogP contribution is 2.31. The Bertz CT molecular complexity index is 1110. The number of nitrogens with zero attached hydrogens (tertiary/aromatic N) is 3. The van der Waals surface area contributed by atoms with E-state index >= 15 is 0 Å². The van der Waals surface area contributed by atoms with Gasteiger partial charge in [0.05, 0.1) is 16.5 Å². The second kappa shape index (κ2) is 6.92. The molecule has 0 saturated heterocycles. The van der Waals surface area contributed by atoms with Gasteiger partial charge in [-0.2, -0.15) is 0 Å². The van der Waals surface area contributed by atoms with Gasteiger partial charge in [0.1, 0.15) is 12.0 Å². The molecule has 0 atom stereocenters. The number of nitrogens with one attached hydrogen (secondary N) is 3. The number of hydrogen-bond donors (Lipinski definition) is 4. The van der Waals surface area contributed by atoms with Crippen LogP contribution in [0.2, 0.25) is 0 Å². The van der Waals surface area contributed by atoms with Gasteiger partial charge in [0.2, 0.25) is 0 Å². The number of furan rings is 1. The maximum Gasteiger partial charge on any atom is 0.305 e. The molecule has 0 unspecified atom stereocenters. The fourth-order valence-electron chi connectivity index (χ4n) is 2.37. The molecule has 27 heavy (non-hydrogen) atoms. The largest absolute Gasteiger partial charge is 0.459 e. The van der Waals surface area contributed by atoms with Crippen molar-refractivity contribution >= 4 is 49.9 Å². The van der Waals surface area contributed by atoms with Crippen LogP contribution < -0.4 is 21.9 Å². The Morgan fingerprint density at radius 1 is 1.22 bits per heavy atom. The van der Waals surface area contributed by atoms with Gasteiger partial charge < -0.3 is 15.5 Å². The first-order valence-electron chi connectivity index (χ1n) is 7.95. The number of rotatable bonds is 5. The number of fused-ring (bicyclic) bond motifs is 1. The summed E-state index contributed by atoms with van der Waals surface area (Å²) in [7, 11) is 0. The molecule has 1 amide bonds. The molecule has 0 aliphatic rings. The molecule has 0 radical (unpaired) electrons. The Kier molecular flexibility index (Phi) is 4.30. The number of nitrogens with two attached hydrogens (primary N) is 1. The van der Waals surface area contributed by atoms with Crippen molar-refractivity contribution in [2.45, 2.75) is 6.92 Å². The van der Waals surface area contributed by atoms with E-state index in [9.17, 15) is 4.79 Å². The third-order valence-corrected chi connectivity index (χ3v) is 4.63. The third kappa shape index (κ3) is 3.51. The van der Waals surface area contributed by atoms with Crippen molar-refractivity contribution in [3.63, 3.8) is 0 Å². The summed E-state index contributed by atoms with van der Waals surface area (Å²) >= 11 is 1.50. The zero-order valence-electron chi connectivity index (χ0n) is 14.2. The van der Waals surface area contributed by atoms with Gasteiger partial charge in [0.25, 0.3) is 0 Å². The highest BCUT2D eigenvalue weighted by Gasteiger charge is 2.13. The molecule has 0 aliphatic carbocycles. The van der Waals surface area contributed by atoms with E-state index in [0.717, 1.165) is 15.8 Å². The minimum absolute atomic E-state index is 0.165. The predicted molar refractivity (Wildman–Crippen MR) is 104 cm³/mol. The second-order valence-electron chi connectivity index (χ2n) is 5.66. The summed E-state index contributed by atoms with van der Waals surface area (Å²) < 4.78 is 6.08. The lowest BCUT2D eigenvalue weighted by atomic mass is 10.2. The number of carbonyl (C=O) groups is 1. The molecule has 0 spiro atoms. The van der Waals surface area contributed by atoms with Gasteiger partial charge in [-0.1, -0.05) is 17.4 Å². The lowest BCUT2D eigenvalue weighted by Gasteiger charge is -2.11. The van der Waals surface area contributed by atoms with Crippen molar-refractivity contribution in [1.82, 2.24) is 20.4 Å². The SMILES string of the molecule is Cc1ccc2nc(Nc3ncnc(NNC(=O)c4ccco4)c3N)sc2c1. The fourth-order valence-corrected chi connectivity index (χ4v) is 3.33. The minimum Gasteiger partial charge on any atom is -0.459 e. The standard InChI is InChI=1S/C17H15N7O2S/c1-9-4-5-10-12(7-9)27-17(21-10)22-14-13(18)15(20-8-19-14)23-24-16(25)11-3-2-6-26-11/h2-8H,18H2,1H3,(H,24,25)(H2,19,20,21,22,23). The summed E-state index contributed by atoms with van der Waals surface area (Å²) in [4.78, 5) is 24.6. The van der Waals surface area contributed by atoms with Crippen LogP contribution in [-0.4, -0.2) is 20.9 Å². The summed E-state index contributed by atoms with van der Waals surface area (Å²) in [5, 5.41) is 3.76. The first-order chi connectivity index (χ1) is 13.1. The molecule has 5 N–H and O–H groups in total. The molecule has 4 aromatic rings. The molecule has 3 aromatic heterocycles. The number of carbonyl (C=O) groups excluding carboxylic acids is 1. The monoisotopic (exact) mass is 381 g/mol. The summed E-state index contributed by atoms with van der Waals surface area (Å²) in [6, 6.07) is 9.21. The topological polar surface area (TPSA) is 131 Å². The van der Waals surface area contributed by atoms with E-state index in [2.05, 4.69) is 37.2 Å². The molecule has 0 saturated carbocycles. The molecule has 0 aliphatic heterocycles. The van der Waals surface area contributed by atoms with Crippen LogP contribution in [0.25, 0.3) is 10.2 Å². The van der Waals surface area contributed by atoms with Gasteiger partial charge in [0.15, 0.2) is 22.5 Å². The number of aryl methyl sites for hydroxylation is 1. The van der Waals surface area contributed by atoms with Gasteiger partial charge in [-0.3, -0.25) is 15.6 Å². The third-order valence-electron chi connectivity index (χ3n) is 3.69. The van der Waals surface area contributed by atoms with Crippen LogP contribution in [0.4, 0.5) is 22.5 Å². The Labute approximate surface area is 157 Å². The van der Waals surface area contributed by atoms with E-state index in [1.54, 1.807) is 12.1 Å². The number of amides is 1. The lowest BCUT2D eigenvalue weighted by Crippen LogP contribution is -2.30. The Morgan fingerprint density at radius 2 is 2.07 bits per heavy atom. The molecule has 0 bridgehead atoms. The number of hydrogen-bond acceptors (Lipinski definition) is 9. The summed E-state index contributed by atoms with van der Waals surface area (Å²) in [5.74, 6) is 0.354. The van der Waals surface area contributed by atoms with Crippen molar-refractivity contribution in [2.24, 2.45) is 0 Å². The number of aromatic nitrogens is 3. The van der Waals surface area contributed by atoms with Crippen molar-refractivity contribution in [2.75, 3.05) is 16.5 Å². The Balaban J connectivity index is 1.51. The first-order valence-corrected chi connectivity index (χ1v) is 8.76. The average Bonchev–Trinajstić information content (AvgIpc) is 3.31. The first kappa shape index (κ1) is 16.8. The van der Waals surface area contributed by atoms with Crippen LogP contribution >= 0.6 is 11.3 Å². The van der Waals surface area contributed by atoms with E-state index < -0.39 is 5.91 Å². The van der Waals surface area contributed by atoms with Crippen molar-refractivity contribution in [3.8, 4) is 0 Å². The van der Waals surface area contributed by atoms with Gasteiger partial charge >= 0.3 is 5.91 Å². The number of nitrogen functional groups attached to an aromatic ring is 1. The molecular weight excluding hydrogens is 366 g/mol. The molecule has 3 heterocycles. The molecule has 1 aromatic carbocycles. The van der Waals surface area contributed by atoms with Gasteiger partial charge in [-0.15, -0.1) is 0 Å². The Hall–Kier alpha value is -3.66. The maximum absolute atomic E-state index is 11.9. The number of hydrazine groups is 1. The lowest BCUT2D eigenvalue weighted by molar-refractivity contribution is 0.0935. The average molecular weight is 381 g/mol. The fraction of sp³-hybridized carbons (Fsp3) is 0.0588. The quantitative estimate of drug-likeness (QED) is 0.388. The molecule has 10 heteroatoms. The number of anilines is 4. The Morgan fingerprint density at radius 3 is 2.89 bits per heavy atom. The van der Waals surface area contributed by atoms with Crippen LogP contribution in [0.5, 0.6) is 0 Å². The van der Waals surface area contributed by atoms with E-state index in [1.807, 2.05) is 19.1 Å². The highest BCUT2D eigenvalue weighted by atomic mass is 32.1. The van der Waals surface area contributed by atoms with Crippen molar-refractivity contribution < 1.29 is 9.21 Å². The van der Waals surface area contributed by atoms with Crippen LogP contribution in [0.3, 0.4) is 0 Å². The van der Waals surface area contributed by atoms with Gasteiger partial charge in [-0.05, 0) is 36.8 Å². The van der Waals surface area contributed by atoms with E-state index in [0.29, 0.717) is 10.9 Å². The van der Waals surface area contributed by atoms with Crippen LogP contribution in [0.15, 0.2) is 47.3 Å². The summed E-state index contributed by atoms with van der Waals surface area (Å²) in [5.41, 5.74) is 13.5. The van der Waals surface area contributed by atoms with Crippen LogP contribution in [0, 0.1) is 6.92 Å². The smallest absolute Gasteiger partial charge is 0.305 e. The van der Waals surface area contributed by atoms with Gasteiger partial charge in [0, 0.05) is 0 Å². The van der Waals surface area contributed by atoms with Crippen molar-refractivity contribution in [3.05, 3.63) is 54.2 Å². The molecular formula is C17H15N7O2S. The predicted octanol–water partition coefficient (Wildman–Crippen LogP) is 3.07. The summed E-state index contributed by atoms with van der Waals surface area (Å²) in [6.45, 7) is 2.03.